The number of phenols is 1. The molecule has 0 spiro atoms. The normalized spacial score (nSPS) is 21.0. The number of carbonyl (C=O) groups excluding carboxylic acids is 1. The van der Waals surface area contributed by atoms with Gasteiger partial charge in [-0.3, -0.25) is 9.79 Å². The lowest BCUT2D eigenvalue weighted by atomic mass is 9.82. The zero-order valence-electron chi connectivity index (χ0n) is 14.1. The number of hydrogen-bond donors (Lipinski definition) is 2. The third-order valence-corrected chi connectivity index (χ3v) is 5.18. The molecule has 128 valence electrons. The molecular formula is C21H22N2O2. The lowest BCUT2D eigenvalue weighted by molar-refractivity contribution is -0.117. The predicted molar refractivity (Wildman–Crippen MR) is 99.0 cm³/mol. The standard InChI is InChI=1S/C21H22N2O2/c24-16-12-10-15(11-13-16)20-21(25)22-18-9-5-4-8-17(18)19(23-20)14-6-2-1-3-7-14/h4-5,8-14,20,24H,1-3,6-7H2,(H,22,25). The van der Waals surface area contributed by atoms with E-state index in [9.17, 15) is 9.90 Å². The fraction of sp³-hybridized carbons (Fsp3) is 0.333. The van der Waals surface area contributed by atoms with Crippen molar-refractivity contribution in [1.29, 1.82) is 0 Å². The Balaban J connectivity index is 1.80. The number of nitrogens with one attached hydrogen (secondary N) is 1. The van der Waals surface area contributed by atoms with Crippen molar-refractivity contribution in [3.8, 4) is 5.75 Å². The van der Waals surface area contributed by atoms with Crippen LogP contribution >= 0.6 is 0 Å². The van der Waals surface area contributed by atoms with E-state index in [4.69, 9.17) is 4.99 Å². The SMILES string of the molecule is O=C1Nc2ccccc2C(C2CCCCC2)=NC1c1ccc(O)cc1. The van der Waals surface area contributed by atoms with Gasteiger partial charge in [0.1, 0.15) is 5.75 Å². The summed E-state index contributed by atoms with van der Waals surface area (Å²) in [6, 6.07) is 14.1. The van der Waals surface area contributed by atoms with Gasteiger partial charge < -0.3 is 10.4 Å². The van der Waals surface area contributed by atoms with Crippen molar-refractivity contribution in [1.82, 2.24) is 0 Å². The van der Waals surface area contributed by atoms with Crippen LogP contribution in [0.5, 0.6) is 5.75 Å². The smallest absolute Gasteiger partial charge is 0.253 e. The van der Waals surface area contributed by atoms with Crippen LogP contribution in [0.25, 0.3) is 0 Å². The van der Waals surface area contributed by atoms with Gasteiger partial charge in [0.15, 0.2) is 6.04 Å². The summed E-state index contributed by atoms with van der Waals surface area (Å²) >= 11 is 0. The molecule has 1 heterocycles. The highest BCUT2D eigenvalue weighted by molar-refractivity contribution is 6.13. The fourth-order valence-corrected chi connectivity index (χ4v) is 3.87. The van der Waals surface area contributed by atoms with E-state index in [0.29, 0.717) is 5.92 Å². The second kappa shape index (κ2) is 6.71. The van der Waals surface area contributed by atoms with Crippen LogP contribution in [0, 0.1) is 5.92 Å². The van der Waals surface area contributed by atoms with Crippen LogP contribution in [-0.2, 0) is 4.79 Å². The van der Waals surface area contributed by atoms with E-state index in [-0.39, 0.29) is 11.7 Å². The minimum absolute atomic E-state index is 0.121. The molecular weight excluding hydrogens is 312 g/mol. The number of anilines is 1. The molecule has 2 N–H and O–H groups in total. The molecule has 1 aliphatic heterocycles. The van der Waals surface area contributed by atoms with Gasteiger partial charge in [0, 0.05) is 22.9 Å². The van der Waals surface area contributed by atoms with Crippen LogP contribution in [0.4, 0.5) is 5.69 Å². The minimum atomic E-state index is -0.579. The molecule has 0 saturated heterocycles. The quantitative estimate of drug-likeness (QED) is 0.852. The van der Waals surface area contributed by atoms with E-state index < -0.39 is 6.04 Å². The first-order chi connectivity index (χ1) is 12.2. The second-order valence-corrected chi connectivity index (χ2v) is 6.88. The molecule has 4 nitrogen and oxygen atoms in total. The van der Waals surface area contributed by atoms with Gasteiger partial charge in [0.2, 0.25) is 0 Å². The number of hydrogen-bond acceptors (Lipinski definition) is 3. The van der Waals surface area contributed by atoms with Crippen LogP contribution in [0.2, 0.25) is 0 Å². The van der Waals surface area contributed by atoms with Crippen molar-refractivity contribution >= 4 is 17.3 Å². The zero-order chi connectivity index (χ0) is 17.2. The lowest BCUT2D eigenvalue weighted by Gasteiger charge is -2.24. The number of nitrogens with zero attached hydrogens (tertiary/aromatic N) is 1. The summed E-state index contributed by atoms with van der Waals surface area (Å²) in [5.41, 5.74) is 3.74. The summed E-state index contributed by atoms with van der Waals surface area (Å²) in [7, 11) is 0. The van der Waals surface area contributed by atoms with E-state index in [0.717, 1.165) is 35.4 Å². The summed E-state index contributed by atoms with van der Waals surface area (Å²) in [6.07, 6.45) is 5.98. The van der Waals surface area contributed by atoms with Gasteiger partial charge in [-0.15, -0.1) is 0 Å². The summed E-state index contributed by atoms with van der Waals surface area (Å²) in [6.45, 7) is 0. The minimum Gasteiger partial charge on any atom is -0.508 e. The maximum absolute atomic E-state index is 12.8. The Kier molecular flexibility index (Phi) is 4.26. The van der Waals surface area contributed by atoms with Crippen molar-refractivity contribution in [3.63, 3.8) is 0 Å². The first-order valence-corrected chi connectivity index (χ1v) is 8.99. The monoisotopic (exact) mass is 334 g/mol. The largest absolute Gasteiger partial charge is 0.508 e. The molecule has 1 saturated carbocycles. The highest BCUT2D eigenvalue weighted by Crippen LogP contribution is 2.35. The molecule has 1 atom stereocenters. The Morgan fingerprint density at radius 2 is 1.68 bits per heavy atom. The number of carbonyl (C=O) groups is 1. The van der Waals surface area contributed by atoms with Gasteiger partial charge in [0.25, 0.3) is 5.91 Å². The number of benzene rings is 2. The maximum atomic E-state index is 12.8. The second-order valence-electron chi connectivity index (χ2n) is 6.88. The van der Waals surface area contributed by atoms with Crippen molar-refractivity contribution in [2.24, 2.45) is 10.9 Å². The number of amides is 1. The molecule has 1 amide bonds. The first-order valence-electron chi connectivity index (χ1n) is 8.99. The van der Waals surface area contributed by atoms with E-state index in [2.05, 4.69) is 11.4 Å². The third kappa shape index (κ3) is 3.16. The molecule has 4 rings (SSSR count). The van der Waals surface area contributed by atoms with Gasteiger partial charge in [-0.25, -0.2) is 0 Å². The van der Waals surface area contributed by atoms with Crippen molar-refractivity contribution in [3.05, 3.63) is 59.7 Å². The van der Waals surface area contributed by atoms with Crippen LogP contribution in [-0.4, -0.2) is 16.7 Å². The molecule has 0 radical (unpaired) electrons. The van der Waals surface area contributed by atoms with Crippen LogP contribution in [0.3, 0.4) is 0 Å². The van der Waals surface area contributed by atoms with E-state index in [1.54, 1.807) is 24.3 Å². The predicted octanol–water partition coefficient (Wildman–Crippen LogP) is 4.46. The van der Waals surface area contributed by atoms with Gasteiger partial charge in [0.05, 0.1) is 0 Å². The maximum Gasteiger partial charge on any atom is 0.253 e. The van der Waals surface area contributed by atoms with Gasteiger partial charge >= 0.3 is 0 Å². The number of fused-ring (bicyclic) bond motifs is 1. The number of benzodiazepines with no additional fused rings is 1. The average molecular weight is 334 g/mol. The third-order valence-electron chi connectivity index (χ3n) is 5.18. The molecule has 2 aromatic carbocycles. The average Bonchev–Trinajstić information content (AvgIpc) is 2.79. The van der Waals surface area contributed by atoms with Gasteiger partial charge in [-0.05, 0) is 36.6 Å². The first kappa shape index (κ1) is 15.9. The number of para-hydroxylation sites is 1. The van der Waals surface area contributed by atoms with Crippen molar-refractivity contribution in [2.45, 2.75) is 38.1 Å². The van der Waals surface area contributed by atoms with E-state index >= 15 is 0 Å². The van der Waals surface area contributed by atoms with Crippen LogP contribution < -0.4 is 5.32 Å². The molecule has 1 unspecified atom stereocenters. The Hall–Kier alpha value is -2.62. The molecule has 2 aliphatic rings. The summed E-state index contributed by atoms with van der Waals surface area (Å²) in [5.74, 6) is 0.476. The molecule has 1 fully saturated rings. The summed E-state index contributed by atoms with van der Waals surface area (Å²) < 4.78 is 0. The number of aliphatic imine (C=N–C) groups is 1. The van der Waals surface area contributed by atoms with Gasteiger partial charge in [-0.1, -0.05) is 49.6 Å². The zero-order valence-corrected chi connectivity index (χ0v) is 14.1. The molecule has 4 heteroatoms. The topological polar surface area (TPSA) is 61.7 Å². The molecule has 2 aromatic rings. The highest BCUT2D eigenvalue weighted by atomic mass is 16.3. The number of aromatic hydroxyl groups is 1. The van der Waals surface area contributed by atoms with Crippen molar-refractivity contribution < 1.29 is 9.90 Å². The fourth-order valence-electron chi connectivity index (χ4n) is 3.87. The summed E-state index contributed by atoms with van der Waals surface area (Å²) in [4.78, 5) is 17.8. The lowest BCUT2D eigenvalue weighted by Crippen LogP contribution is -2.20. The molecule has 0 aromatic heterocycles. The Labute approximate surface area is 147 Å². The van der Waals surface area contributed by atoms with Crippen LogP contribution in [0.1, 0.15) is 49.3 Å². The molecule has 0 bridgehead atoms. The summed E-state index contributed by atoms with van der Waals surface area (Å²) in [5, 5.41) is 12.6. The van der Waals surface area contributed by atoms with E-state index in [1.807, 2.05) is 18.2 Å². The van der Waals surface area contributed by atoms with Crippen LogP contribution in [0.15, 0.2) is 53.5 Å². The Morgan fingerprint density at radius 1 is 0.960 bits per heavy atom. The van der Waals surface area contributed by atoms with Crippen molar-refractivity contribution in [2.75, 3.05) is 5.32 Å². The number of phenolic OH excluding ortho intramolecular Hbond substituents is 1. The Bertz CT molecular complexity index is 805. The molecule has 25 heavy (non-hydrogen) atoms. The van der Waals surface area contributed by atoms with E-state index in [1.165, 1.54) is 19.3 Å². The Morgan fingerprint density at radius 3 is 2.44 bits per heavy atom. The van der Waals surface area contributed by atoms with Gasteiger partial charge in [-0.2, -0.15) is 0 Å². The highest BCUT2D eigenvalue weighted by Gasteiger charge is 2.30. The number of rotatable bonds is 2. The molecule has 1 aliphatic carbocycles.